The number of benzene rings is 2. The molecule has 0 aromatic heterocycles. The quantitative estimate of drug-likeness (QED) is 0.781. The lowest BCUT2D eigenvalue weighted by Gasteiger charge is -2.35. The first-order chi connectivity index (χ1) is 12.6. The molecule has 1 saturated heterocycles. The number of hydrogen-bond acceptors (Lipinski definition) is 3. The van der Waals surface area contributed by atoms with Crippen LogP contribution in [-0.2, 0) is 0 Å². The predicted octanol–water partition coefficient (Wildman–Crippen LogP) is 2.73. The summed E-state index contributed by atoms with van der Waals surface area (Å²) in [7, 11) is 0. The smallest absolute Gasteiger partial charge is 0.261 e. The fourth-order valence-electron chi connectivity index (χ4n) is 3.67. The average Bonchev–Trinajstić information content (AvgIpc) is 2.93. The molecule has 132 valence electrons. The lowest BCUT2D eigenvalue weighted by atomic mass is 10.0. The SMILES string of the molecule is O=C(c1ccccc1F)N1CCC(N2C(=O)c3ccccc3C2=O)CC1. The molecule has 3 amide bonds. The molecule has 0 radical (unpaired) electrons. The number of carbonyl (C=O) groups excluding carboxylic acids is 3. The number of nitrogens with zero attached hydrogens (tertiary/aromatic N) is 2. The minimum absolute atomic E-state index is 0.0479. The highest BCUT2D eigenvalue weighted by molar-refractivity contribution is 6.21. The average molecular weight is 352 g/mol. The van der Waals surface area contributed by atoms with Crippen LogP contribution in [0.5, 0.6) is 0 Å². The standard InChI is InChI=1S/C20H17FN2O3/c21-17-8-4-3-7-16(17)18(24)22-11-9-13(10-12-22)23-19(25)14-5-1-2-6-15(14)20(23)26/h1-8,13H,9-12H2. The van der Waals surface area contributed by atoms with E-state index in [-0.39, 0.29) is 29.3 Å². The molecular weight excluding hydrogens is 335 g/mol. The van der Waals surface area contributed by atoms with Gasteiger partial charge in [-0.15, -0.1) is 0 Å². The van der Waals surface area contributed by atoms with E-state index < -0.39 is 5.82 Å². The van der Waals surface area contributed by atoms with E-state index in [1.54, 1.807) is 41.3 Å². The molecular formula is C20H17FN2O3. The first kappa shape index (κ1) is 16.4. The highest BCUT2D eigenvalue weighted by Gasteiger charge is 2.41. The molecule has 2 aliphatic heterocycles. The van der Waals surface area contributed by atoms with E-state index in [0.29, 0.717) is 37.1 Å². The van der Waals surface area contributed by atoms with Crippen LogP contribution in [0.25, 0.3) is 0 Å². The van der Waals surface area contributed by atoms with Crippen LogP contribution in [-0.4, -0.2) is 46.7 Å². The van der Waals surface area contributed by atoms with Gasteiger partial charge in [-0.1, -0.05) is 24.3 Å². The second-order valence-electron chi connectivity index (χ2n) is 6.53. The summed E-state index contributed by atoms with van der Waals surface area (Å²) in [6.45, 7) is 0.760. The molecule has 4 rings (SSSR count). The molecule has 2 heterocycles. The van der Waals surface area contributed by atoms with Crippen molar-refractivity contribution in [3.63, 3.8) is 0 Å². The molecule has 0 aliphatic carbocycles. The number of fused-ring (bicyclic) bond motifs is 1. The molecule has 5 nitrogen and oxygen atoms in total. The Morgan fingerprint density at radius 3 is 2.00 bits per heavy atom. The molecule has 2 aromatic rings. The first-order valence-electron chi connectivity index (χ1n) is 8.58. The monoisotopic (exact) mass is 352 g/mol. The molecule has 26 heavy (non-hydrogen) atoms. The van der Waals surface area contributed by atoms with Crippen LogP contribution in [0.2, 0.25) is 0 Å². The Morgan fingerprint density at radius 1 is 0.885 bits per heavy atom. The summed E-state index contributed by atoms with van der Waals surface area (Å²) in [5, 5.41) is 0. The van der Waals surface area contributed by atoms with Crippen molar-refractivity contribution >= 4 is 17.7 Å². The summed E-state index contributed by atoms with van der Waals surface area (Å²) in [6.07, 6.45) is 0.983. The number of piperidine rings is 1. The fraction of sp³-hybridized carbons (Fsp3) is 0.250. The van der Waals surface area contributed by atoms with Gasteiger partial charge in [-0.3, -0.25) is 19.3 Å². The Labute approximate surface area is 150 Å². The summed E-state index contributed by atoms with van der Waals surface area (Å²) < 4.78 is 13.8. The number of carbonyl (C=O) groups is 3. The van der Waals surface area contributed by atoms with Crippen molar-refractivity contribution in [1.29, 1.82) is 0 Å². The Bertz CT molecular complexity index is 868. The molecule has 2 aromatic carbocycles. The van der Waals surface area contributed by atoms with E-state index in [0.717, 1.165) is 0 Å². The number of halogens is 1. The molecule has 0 N–H and O–H groups in total. The van der Waals surface area contributed by atoms with Crippen molar-refractivity contribution in [3.8, 4) is 0 Å². The van der Waals surface area contributed by atoms with Crippen molar-refractivity contribution in [2.45, 2.75) is 18.9 Å². The lowest BCUT2D eigenvalue weighted by molar-refractivity contribution is 0.0478. The van der Waals surface area contributed by atoms with Crippen LogP contribution in [0, 0.1) is 5.82 Å². The minimum atomic E-state index is -0.542. The van der Waals surface area contributed by atoms with Crippen LogP contribution < -0.4 is 0 Å². The van der Waals surface area contributed by atoms with Crippen molar-refractivity contribution < 1.29 is 18.8 Å². The van der Waals surface area contributed by atoms with Gasteiger partial charge in [0.1, 0.15) is 5.82 Å². The molecule has 0 spiro atoms. The van der Waals surface area contributed by atoms with Gasteiger partial charge in [0, 0.05) is 19.1 Å². The highest BCUT2D eigenvalue weighted by Crippen LogP contribution is 2.28. The summed E-state index contributed by atoms with van der Waals surface area (Å²) in [5.74, 6) is -1.45. The second kappa shape index (κ2) is 6.37. The van der Waals surface area contributed by atoms with Crippen molar-refractivity contribution in [2.24, 2.45) is 0 Å². The van der Waals surface area contributed by atoms with E-state index in [1.807, 2.05) is 0 Å². The summed E-state index contributed by atoms with van der Waals surface area (Å²) >= 11 is 0. The second-order valence-corrected chi connectivity index (χ2v) is 6.53. The fourth-order valence-corrected chi connectivity index (χ4v) is 3.67. The van der Waals surface area contributed by atoms with Gasteiger partial charge in [0.25, 0.3) is 17.7 Å². The predicted molar refractivity (Wildman–Crippen MR) is 92.3 cm³/mol. The van der Waals surface area contributed by atoms with Gasteiger partial charge in [-0.25, -0.2) is 4.39 Å². The maximum atomic E-state index is 13.8. The minimum Gasteiger partial charge on any atom is -0.338 e. The Hall–Kier alpha value is -3.02. The van der Waals surface area contributed by atoms with Crippen LogP contribution in [0.4, 0.5) is 4.39 Å². The number of imide groups is 1. The van der Waals surface area contributed by atoms with E-state index in [2.05, 4.69) is 0 Å². The summed E-state index contributed by atoms with van der Waals surface area (Å²) in [4.78, 5) is 40.5. The zero-order valence-corrected chi connectivity index (χ0v) is 14.0. The van der Waals surface area contributed by atoms with Crippen LogP contribution in [0.3, 0.4) is 0 Å². The van der Waals surface area contributed by atoms with Gasteiger partial charge >= 0.3 is 0 Å². The zero-order chi connectivity index (χ0) is 18.3. The first-order valence-corrected chi connectivity index (χ1v) is 8.58. The summed E-state index contributed by atoms with van der Waals surface area (Å²) in [5.41, 5.74) is 0.913. The van der Waals surface area contributed by atoms with Gasteiger partial charge < -0.3 is 4.90 Å². The van der Waals surface area contributed by atoms with Gasteiger partial charge in [-0.2, -0.15) is 0 Å². The molecule has 0 saturated carbocycles. The third kappa shape index (κ3) is 2.58. The molecule has 0 bridgehead atoms. The van der Waals surface area contributed by atoms with Crippen molar-refractivity contribution in [1.82, 2.24) is 9.80 Å². The zero-order valence-electron chi connectivity index (χ0n) is 14.0. The van der Waals surface area contributed by atoms with Gasteiger partial charge in [0.05, 0.1) is 16.7 Å². The Kier molecular flexibility index (Phi) is 4.03. The van der Waals surface area contributed by atoms with Gasteiger partial charge in [-0.05, 0) is 37.1 Å². The van der Waals surface area contributed by atoms with E-state index in [9.17, 15) is 18.8 Å². The molecule has 2 aliphatic rings. The van der Waals surface area contributed by atoms with Crippen LogP contribution in [0.15, 0.2) is 48.5 Å². The van der Waals surface area contributed by atoms with E-state index >= 15 is 0 Å². The van der Waals surface area contributed by atoms with E-state index in [1.165, 1.54) is 17.0 Å². The lowest BCUT2D eigenvalue weighted by Crippen LogP contribution is -2.48. The van der Waals surface area contributed by atoms with Crippen LogP contribution in [0.1, 0.15) is 43.9 Å². The van der Waals surface area contributed by atoms with Crippen molar-refractivity contribution in [3.05, 3.63) is 71.0 Å². The van der Waals surface area contributed by atoms with E-state index in [4.69, 9.17) is 0 Å². The number of likely N-dealkylation sites (tertiary alicyclic amines) is 1. The van der Waals surface area contributed by atoms with Crippen LogP contribution >= 0.6 is 0 Å². The molecule has 0 atom stereocenters. The number of rotatable bonds is 2. The third-order valence-corrected chi connectivity index (χ3v) is 5.05. The third-order valence-electron chi connectivity index (χ3n) is 5.05. The van der Waals surface area contributed by atoms with Crippen molar-refractivity contribution in [2.75, 3.05) is 13.1 Å². The highest BCUT2D eigenvalue weighted by atomic mass is 19.1. The topological polar surface area (TPSA) is 57.7 Å². The number of amides is 3. The summed E-state index contributed by atoms with van der Waals surface area (Å²) in [6, 6.07) is 12.5. The molecule has 1 fully saturated rings. The Balaban J connectivity index is 1.46. The largest absolute Gasteiger partial charge is 0.338 e. The molecule has 6 heteroatoms. The number of hydrogen-bond donors (Lipinski definition) is 0. The maximum Gasteiger partial charge on any atom is 0.261 e. The van der Waals surface area contributed by atoms with Gasteiger partial charge in [0.15, 0.2) is 0 Å². The molecule has 0 unspecified atom stereocenters. The Morgan fingerprint density at radius 2 is 1.42 bits per heavy atom. The maximum absolute atomic E-state index is 13.8. The normalized spacial score (nSPS) is 17.6. The van der Waals surface area contributed by atoms with Gasteiger partial charge in [0.2, 0.25) is 0 Å².